The highest BCUT2D eigenvalue weighted by Gasteiger charge is 2.30. The van der Waals surface area contributed by atoms with E-state index in [2.05, 4.69) is 4.74 Å². The Labute approximate surface area is 109 Å². The summed E-state index contributed by atoms with van der Waals surface area (Å²) in [5, 5.41) is 0. The SMILES string of the molecule is CCOC(=O)c1cc2c(c(N)c1C(=O)OC)OCO2. The fourth-order valence-corrected chi connectivity index (χ4v) is 1.76. The van der Waals surface area contributed by atoms with Crippen molar-refractivity contribution >= 4 is 17.6 Å². The summed E-state index contributed by atoms with van der Waals surface area (Å²) in [5.41, 5.74) is 5.75. The van der Waals surface area contributed by atoms with Gasteiger partial charge in [0.1, 0.15) is 5.56 Å². The molecule has 0 bridgehead atoms. The Bertz CT molecular complexity index is 540. The Balaban J connectivity index is 2.60. The van der Waals surface area contributed by atoms with Crippen molar-refractivity contribution in [1.82, 2.24) is 0 Å². The predicted molar refractivity (Wildman–Crippen MR) is 64.3 cm³/mol. The maximum Gasteiger partial charge on any atom is 0.340 e. The monoisotopic (exact) mass is 267 g/mol. The van der Waals surface area contributed by atoms with Gasteiger partial charge in [-0.05, 0) is 13.0 Å². The summed E-state index contributed by atoms with van der Waals surface area (Å²) in [6, 6.07) is 1.36. The second kappa shape index (κ2) is 5.05. The van der Waals surface area contributed by atoms with Crippen LogP contribution >= 0.6 is 0 Å². The van der Waals surface area contributed by atoms with Crippen LogP contribution in [0, 0.1) is 0 Å². The van der Waals surface area contributed by atoms with Crippen LogP contribution in [0.5, 0.6) is 11.5 Å². The molecule has 7 heteroatoms. The number of carbonyl (C=O) groups excluding carboxylic acids is 2. The molecule has 7 nitrogen and oxygen atoms in total. The summed E-state index contributed by atoms with van der Waals surface area (Å²) < 4.78 is 19.8. The molecule has 1 aliphatic heterocycles. The van der Waals surface area contributed by atoms with Gasteiger partial charge in [-0.2, -0.15) is 0 Å². The van der Waals surface area contributed by atoms with Crippen molar-refractivity contribution in [3.63, 3.8) is 0 Å². The number of methoxy groups -OCH3 is 1. The average molecular weight is 267 g/mol. The van der Waals surface area contributed by atoms with Gasteiger partial charge in [0, 0.05) is 0 Å². The summed E-state index contributed by atoms with van der Waals surface area (Å²) in [4.78, 5) is 23.6. The molecule has 2 N–H and O–H groups in total. The van der Waals surface area contributed by atoms with Crippen molar-refractivity contribution in [1.29, 1.82) is 0 Å². The molecule has 0 unspecified atom stereocenters. The van der Waals surface area contributed by atoms with E-state index in [0.29, 0.717) is 5.75 Å². The molecule has 0 saturated heterocycles. The van der Waals surface area contributed by atoms with Gasteiger partial charge in [-0.25, -0.2) is 9.59 Å². The minimum Gasteiger partial charge on any atom is -0.465 e. The molecular formula is C12H13NO6. The highest BCUT2D eigenvalue weighted by Crippen LogP contribution is 2.42. The highest BCUT2D eigenvalue weighted by atomic mass is 16.7. The molecule has 0 saturated carbocycles. The lowest BCUT2D eigenvalue weighted by Gasteiger charge is -2.11. The van der Waals surface area contributed by atoms with Crippen LogP contribution in [0.1, 0.15) is 27.6 Å². The number of carbonyl (C=O) groups is 2. The largest absolute Gasteiger partial charge is 0.465 e. The van der Waals surface area contributed by atoms with Crippen molar-refractivity contribution in [3.05, 3.63) is 17.2 Å². The Morgan fingerprint density at radius 3 is 2.74 bits per heavy atom. The summed E-state index contributed by atoms with van der Waals surface area (Å²) in [6.07, 6.45) is 0. The number of hydrogen-bond donors (Lipinski definition) is 1. The van der Waals surface area contributed by atoms with E-state index in [-0.39, 0.29) is 36.0 Å². The zero-order valence-electron chi connectivity index (χ0n) is 10.5. The molecular weight excluding hydrogens is 254 g/mol. The normalized spacial score (nSPS) is 12.1. The molecule has 0 amide bonds. The fourth-order valence-electron chi connectivity index (χ4n) is 1.76. The van der Waals surface area contributed by atoms with Crippen LogP contribution in [0.15, 0.2) is 6.07 Å². The number of hydrogen-bond acceptors (Lipinski definition) is 7. The number of benzene rings is 1. The molecule has 0 aromatic heterocycles. The van der Waals surface area contributed by atoms with Crippen LogP contribution in [0.3, 0.4) is 0 Å². The van der Waals surface area contributed by atoms with E-state index in [0.717, 1.165) is 0 Å². The van der Waals surface area contributed by atoms with Gasteiger partial charge in [-0.15, -0.1) is 0 Å². The van der Waals surface area contributed by atoms with E-state index in [1.807, 2.05) is 0 Å². The first-order chi connectivity index (χ1) is 9.10. The van der Waals surface area contributed by atoms with Crippen molar-refractivity contribution in [2.75, 3.05) is 26.2 Å². The van der Waals surface area contributed by atoms with E-state index in [9.17, 15) is 9.59 Å². The fraction of sp³-hybridized carbons (Fsp3) is 0.333. The average Bonchev–Trinajstić information content (AvgIpc) is 2.86. The first-order valence-electron chi connectivity index (χ1n) is 5.57. The first kappa shape index (κ1) is 13.0. The van der Waals surface area contributed by atoms with Crippen LogP contribution in [0.25, 0.3) is 0 Å². The van der Waals surface area contributed by atoms with E-state index >= 15 is 0 Å². The zero-order valence-corrected chi connectivity index (χ0v) is 10.5. The van der Waals surface area contributed by atoms with Crippen LogP contribution < -0.4 is 15.2 Å². The number of ether oxygens (including phenoxy) is 4. The third-order valence-corrected chi connectivity index (χ3v) is 2.59. The number of rotatable bonds is 3. The summed E-state index contributed by atoms with van der Waals surface area (Å²) in [5.74, 6) is -0.881. The van der Waals surface area contributed by atoms with Gasteiger partial charge in [0.05, 0.1) is 25.0 Å². The van der Waals surface area contributed by atoms with Crippen molar-refractivity contribution in [2.24, 2.45) is 0 Å². The van der Waals surface area contributed by atoms with Gasteiger partial charge in [0.25, 0.3) is 0 Å². The maximum absolute atomic E-state index is 11.9. The molecule has 0 fully saturated rings. The molecule has 1 aliphatic rings. The molecule has 19 heavy (non-hydrogen) atoms. The Morgan fingerprint density at radius 2 is 2.11 bits per heavy atom. The van der Waals surface area contributed by atoms with Crippen molar-refractivity contribution < 1.29 is 28.5 Å². The summed E-state index contributed by atoms with van der Waals surface area (Å²) in [6.45, 7) is 1.81. The second-order valence-electron chi connectivity index (χ2n) is 3.66. The van der Waals surface area contributed by atoms with Crippen LogP contribution in [-0.4, -0.2) is 32.4 Å². The minimum absolute atomic E-state index is 0.00421. The van der Waals surface area contributed by atoms with Gasteiger partial charge >= 0.3 is 11.9 Å². The Hall–Kier alpha value is -2.44. The van der Waals surface area contributed by atoms with Gasteiger partial charge in [0.2, 0.25) is 6.79 Å². The smallest absolute Gasteiger partial charge is 0.340 e. The summed E-state index contributed by atoms with van der Waals surface area (Å²) >= 11 is 0. The van der Waals surface area contributed by atoms with E-state index in [1.54, 1.807) is 6.92 Å². The lowest BCUT2D eigenvalue weighted by atomic mass is 10.0. The quantitative estimate of drug-likeness (QED) is 0.643. The third-order valence-electron chi connectivity index (χ3n) is 2.59. The standard InChI is InChI=1S/C12H13NO6/c1-3-17-11(14)6-4-7-10(19-5-18-7)9(13)8(6)12(15)16-2/h4H,3,5,13H2,1-2H3. The second-order valence-corrected chi connectivity index (χ2v) is 3.66. The number of fused-ring (bicyclic) bond motifs is 1. The minimum atomic E-state index is -0.737. The van der Waals surface area contributed by atoms with Crippen molar-refractivity contribution in [2.45, 2.75) is 6.92 Å². The number of anilines is 1. The Kier molecular flexibility index (Phi) is 3.46. The van der Waals surface area contributed by atoms with Crippen LogP contribution in [0.2, 0.25) is 0 Å². The van der Waals surface area contributed by atoms with Gasteiger partial charge in [-0.3, -0.25) is 0 Å². The number of nitrogens with two attached hydrogens (primary N) is 1. The van der Waals surface area contributed by atoms with Crippen LogP contribution in [0.4, 0.5) is 5.69 Å². The van der Waals surface area contributed by atoms with Gasteiger partial charge < -0.3 is 24.7 Å². The van der Waals surface area contributed by atoms with E-state index in [4.69, 9.17) is 19.9 Å². The first-order valence-corrected chi connectivity index (χ1v) is 5.57. The van der Waals surface area contributed by atoms with Crippen LogP contribution in [-0.2, 0) is 9.47 Å². The maximum atomic E-state index is 11.9. The molecule has 2 rings (SSSR count). The number of nitrogen functional groups attached to an aromatic ring is 1. The van der Waals surface area contributed by atoms with Crippen molar-refractivity contribution in [3.8, 4) is 11.5 Å². The van der Waals surface area contributed by atoms with E-state index < -0.39 is 11.9 Å². The number of esters is 2. The molecule has 0 spiro atoms. The molecule has 102 valence electrons. The highest BCUT2D eigenvalue weighted by molar-refractivity contribution is 6.08. The molecule has 0 atom stereocenters. The Morgan fingerprint density at radius 1 is 1.37 bits per heavy atom. The van der Waals surface area contributed by atoms with Gasteiger partial charge in [0.15, 0.2) is 11.5 Å². The lowest BCUT2D eigenvalue weighted by molar-refractivity contribution is 0.0504. The molecule has 1 heterocycles. The lowest BCUT2D eigenvalue weighted by Crippen LogP contribution is -2.15. The topological polar surface area (TPSA) is 97.1 Å². The molecule has 1 aromatic carbocycles. The van der Waals surface area contributed by atoms with Gasteiger partial charge in [-0.1, -0.05) is 0 Å². The molecule has 0 radical (unpaired) electrons. The predicted octanol–water partition coefficient (Wildman–Crippen LogP) is 0.961. The third kappa shape index (κ3) is 2.14. The molecule has 1 aromatic rings. The molecule has 0 aliphatic carbocycles. The summed E-state index contributed by atoms with van der Waals surface area (Å²) in [7, 11) is 1.20. The van der Waals surface area contributed by atoms with E-state index in [1.165, 1.54) is 13.2 Å². The zero-order chi connectivity index (χ0) is 14.0.